The lowest BCUT2D eigenvalue weighted by Gasteiger charge is -2.11. The molecule has 0 bridgehead atoms. The second-order valence-corrected chi connectivity index (χ2v) is 5.19. The Kier molecular flexibility index (Phi) is 10.1. The summed E-state index contributed by atoms with van der Waals surface area (Å²) in [4.78, 5) is 4.55. The van der Waals surface area contributed by atoms with E-state index >= 15 is 0 Å². The molecule has 0 aliphatic heterocycles. The van der Waals surface area contributed by atoms with Crippen molar-refractivity contribution in [2.75, 3.05) is 19.6 Å². The van der Waals surface area contributed by atoms with Crippen molar-refractivity contribution in [2.45, 2.75) is 26.3 Å². The topological polar surface area (TPSA) is 54.2 Å². The zero-order valence-corrected chi connectivity index (χ0v) is 16.2. The van der Waals surface area contributed by atoms with E-state index in [-0.39, 0.29) is 29.8 Å². The molecule has 0 radical (unpaired) electrons. The normalized spacial score (nSPS) is 11.0. The summed E-state index contributed by atoms with van der Waals surface area (Å²) in [7, 11) is 0. The van der Waals surface area contributed by atoms with Gasteiger partial charge in [-0.1, -0.05) is 12.1 Å². The van der Waals surface area contributed by atoms with Gasteiger partial charge in [-0.2, -0.15) is 5.10 Å². The number of rotatable bonds is 8. The van der Waals surface area contributed by atoms with Gasteiger partial charge in [0.15, 0.2) is 5.96 Å². The third kappa shape index (κ3) is 7.76. The molecule has 0 aliphatic carbocycles. The van der Waals surface area contributed by atoms with E-state index in [1.165, 1.54) is 12.1 Å². The summed E-state index contributed by atoms with van der Waals surface area (Å²) in [5.41, 5.74) is 1.11. The van der Waals surface area contributed by atoms with Crippen molar-refractivity contribution < 1.29 is 4.39 Å². The number of halogens is 2. The standard InChI is InChI=1S/C17H24FN5.HI/c1-2-19-17(20-10-3-13-23-14-4-11-22-23)21-12-9-15-5-7-16(18)8-6-15;/h4-8,11,14H,2-3,9-10,12-13H2,1H3,(H2,19,20,21);1H. The number of aliphatic imine (C=N–C) groups is 1. The highest BCUT2D eigenvalue weighted by atomic mass is 127. The van der Waals surface area contributed by atoms with Gasteiger partial charge in [-0.3, -0.25) is 9.67 Å². The summed E-state index contributed by atoms with van der Waals surface area (Å²) < 4.78 is 14.8. The van der Waals surface area contributed by atoms with Crippen LogP contribution in [0.1, 0.15) is 18.9 Å². The van der Waals surface area contributed by atoms with E-state index in [0.717, 1.165) is 50.5 Å². The number of nitrogens with one attached hydrogen (secondary N) is 2. The molecule has 132 valence electrons. The van der Waals surface area contributed by atoms with Crippen LogP contribution in [0.4, 0.5) is 4.39 Å². The highest BCUT2D eigenvalue weighted by Crippen LogP contribution is 2.02. The minimum Gasteiger partial charge on any atom is -0.357 e. The molecule has 2 N–H and O–H groups in total. The van der Waals surface area contributed by atoms with E-state index in [1.54, 1.807) is 6.20 Å². The molecule has 24 heavy (non-hydrogen) atoms. The summed E-state index contributed by atoms with van der Waals surface area (Å²) in [6, 6.07) is 8.52. The number of benzene rings is 1. The van der Waals surface area contributed by atoms with Crippen LogP contribution in [0, 0.1) is 5.82 Å². The first-order valence-electron chi connectivity index (χ1n) is 8.02. The number of hydrogen-bond donors (Lipinski definition) is 2. The number of aromatic nitrogens is 2. The van der Waals surface area contributed by atoms with Gasteiger partial charge >= 0.3 is 0 Å². The van der Waals surface area contributed by atoms with E-state index in [9.17, 15) is 4.39 Å². The van der Waals surface area contributed by atoms with Gasteiger partial charge in [0.2, 0.25) is 0 Å². The Hall–Kier alpha value is -1.64. The van der Waals surface area contributed by atoms with Gasteiger partial charge in [-0.15, -0.1) is 24.0 Å². The molecule has 0 spiro atoms. The molecule has 2 aromatic rings. The summed E-state index contributed by atoms with van der Waals surface area (Å²) in [6.07, 6.45) is 5.51. The Morgan fingerprint density at radius 1 is 1.25 bits per heavy atom. The Morgan fingerprint density at radius 2 is 2.04 bits per heavy atom. The average molecular weight is 445 g/mol. The van der Waals surface area contributed by atoms with Gasteiger partial charge in [0, 0.05) is 38.6 Å². The van der Waals surface area contributed by atoms with E-state index < -0.39 is 0 Å². The van der Waals surface area contributed by atoms with Crippen molar-refractivity contribution in [3.63, 3.8) is 0 Å². The largest absolute Gasteiger partial charge is 0.357 e. The molecule has 1 aromatic heterocycles. The maximum atomic E-state index is 12.9. The maximum absolute atomic E-state index is 12.9. The van der Waals surface area contributed by atoms with Crippen molar-refractivity contribution in [1.29, 1.82) is 0 Å². The van der Waals surface area contributed by atoms with Crippen LogP contribution in [-0.2, 0) is 13.0 Å². The molecular formula is C17H25FIN5. The second-order valence-electron chi connectivity index (χ2n) is 5.19. The molecule has 1 heterocycles. The first-order chi connectivity index (χ1) is 11.3. The number of aryl methyl sites for hydroxylation is 1. The lowest BCUT2D eigenvalue weighted by molar-refractivity contribution is 0.584. The lowest BCUT2D eigenvalue weighted by Crippen LogP contribution is -2.38. The molecule has 7 heteroatoms. The van der Waals surface area contributed by atoms with Crippen LogP contribution >= 0.6 is 24.0 Å². The average Bonchev–Trinajstić information content (AvgIpc) is 3.07. The van der Waals surface area contributed by atoms with Gasteiger partial charge in [0.05, 0.1) is 0 Å². The van der Waals surface area contributed by atoms with Gasteiger partial charge in [-0.05, 0) is 43.5 Å². The van der Waals surface area contributed by atoms with Crippen LogP contribution in [0.2, 0.25) is 0 Å². The third-order valence-corrected chi connectivity index (χ3v) is 3.34. The molecule has 2 rings (SSSR count). The number of nitrogens with zero attached hydrogens (tertiary/aromatic N) is 3. The zero-order valence-electron chi connectivity index (χ0n) is 13.9. The van der Waals surface area contributed by atoms with Crippen molar-refractivity contribution >= 4 is 29.9 Å². The van der Waals surface area contributed by atoms with Gasteiger partial charge < -0.3 is 10.6 Å². The molecule has 0 fully saturated rings. The maximum Gasteiger partial charge on any atom is 0.191 e. The van der Waals surface area contributed by atoms with Crippen molar-refractivity contribution in [3.8, 4) is 0 Å². The minimum absolute atomic E-state index is 0. The van der Waals surface area contributed by atoms with E-state index in [1.807, 2.05) is 36.0 Å². The van der Waals surface area contributed by atoms with Gasteiger partial charge in [0.25, 0.3) is 0 Å². The highest BCUT2D eigenvalue weighted by Gasteiger charge is 1.98. The number of hydrogen-bond acceptors (Lipinski definition) is 2. The summed E-state index contributed by atoms with van der Waals surface area (Å²) in [5.74, 6) is 0.615. The molecule has 0 amide bonds. The molecule has 5 nitrogen and oxygen atoms in total. The first kappa shape index (κ1) is 20.4. The molecule has 0 saturated carbocycles. The molecular weight excluding hydrogens is 420 g/mol. The van der Waals surface area contributed by atoms with Crippen molar-refractivity contribution in [2.24, 2.45) is 4.99 Å². The van der Waals surface area contributed by atoms with Crippen LogP contribution in [0.25, 0.3) is 0 Å². The fraction of sp³-hybridized carbons (Fsp3) is 0.412. The fourth-order valence-corrected chi connectivity index (χ4v) is 2.17. The summed E-state index contributed by atoms with van der Waals surface area (Å²) in [6.45, 7) is 5.23. The van der Waals surface area contributed by atoms with Gasteiger partial charge in [0.1, 0.15) is 5.82 Å². The monoisotopic (exact) mass is 445 g/mol. The van der Waals surface area contributed by atoms with E-state index in [2.05, 4.69) is 20.7 Å². The minimum atomic E-state index is -0.200. The predicted octanol–water partition coefficient (Wildman–Crippen LogP) is 2.83. The lowest BCUT2D eigenvalue weighted by atomic mass is 10.1. The van der Waals surface area contributed by atoms with Crippen LogP contribution in [0.3, 0.4) is 0 Å². The van der Waals surface area contributed by atoms with Crippen LogP contribution in [0.15, 0.2) is 47.7 Å². The third-order valence-electron chi connectivity index (χ3n) is 3.34. The van der Waals surface area contributed by atoms with Crippen LogP contribution < -0.4 is 10.6 Å². The second kappa shape index (κ2) is 11.8. The zero-order chi connectivity index (χ0) is 16.3. The smallest absolute Gasteiger partial charge is 0.191 e. The van der Waals surface area contributed by atoms with E-state index in [0.29, 0.717) is 0 Å². The Balaban J connectivity index is 0.00000288. The quantitative estimate of drug-likeness (QED) is 0.285. The van der Waals surface area contributed by atoms with Crippen molar-refractivity contribution in [3.05, 3.63) is 54.1 Å². The van der Waals surface area contributed by atoms with Crippen molar-refractivity contribution in [1.82, 2.24) is 20.4 Å². The summed E-state index contributed by atoms with van der Waals surface area (Å²) >= 11 is 0. The van der Waals surface area contributed by atoms with Gasteiger partial charge in [-0.25, -0.2) is 4.39 Å². The SMILES string of the molecule is CCNC(=NCCCn1cccn1)NCCc1ccc(F)cc1.I. The first-order valence-corrected chi connectivity index (χ1v) is 8.02. The molecule has 0 saturated heterocycles. The number of guanidine groups is 1. The molecule has 1 aromatic carbocycles. The van der Waals surface area contributed by atoms with Crippen LogP contribution in [0.5, 0.6) is 0 Å². The Morgan fingerprint density at radius 3 is 2.71 bits per heavy atom. The molecule has 0 aliphatic rings. The summed E-state index contributed by atoms with van der Waals surface area (Å²) in [5, 5.41) is 10.7. The molecule has 0 unspecified atom stereocenters. The predicted molar refractivity (Wildman–Crippen MR) is 106 cm³/mol. The van der Waals surface area contributed by atoms with E-state index in [4.69, 9.17) is 0 Å². The molecule has 0 atom stereocenters. The Bertz CT molecular complexity index is 584. The Labute approximate surface area is 159 Å². The highest BCUT2D eigenvalue weighted by molar-refractivity contribution is 14.0. The van der Waals surface area contributed by atoms with Crippen LogP contribution in [-0.4, -0.2) is 35.4 Å². The fourth-order valence-electron chi connectivity index (χ4n) is 2.17.